The lowest BCUT2D eigenvalue weighted by molar-refractivity contribution is -0.597. The molecule has 35 heavy (non-hydrogen) atoms. The molecule has 2 aliphatic heterocycles. The summed E-state index contributed by atoms with van der Waals surface area (Å²) in [4.78, 5) is 0. The number of fused-ring (bicyclic) bond motifs is 9. The van der Waals surface area contributed by atoms with Gasteiger partial charge in [-0.3, -0.25) is 0 Å². The lowest BCUT2D eigenvalue weighted by atomic mass is 9.92. The number of nitrogens with zero attached hydrogens (tertiary/aromatic N) is 2. The van der Waals surface area contributed by atoms with Crippen LogP contribution in [0.25, 0.3) is 55.5 Å². The minimum absolute atomic E-state index is 0.893. The number of hydrogen-bond donors (Lipinski definition) is 0. The highest BCUT2D eigenvalue weighted by Gasteiger charge is 2.41. The number of hydrogen-bond acceptors (Lipinski definition) is 0. The van der Waals surface area contributed by atoms with E-state index in [1.54, 1.807) is 0 Å². The van der Waals surface area contributed by atoms with E-state index < -0.39 is 0 Å². The van der Waals surface area contributed by atoms with Crippen LogP contribution in [0.5, 0.6) is 0 Å². The standard InChI is InChI=1S/C33H22N2/c1-3-11-25-22(9-1)15-16-24-19-29-28(21-27(24)25)31-14-6-8-18-35(31)33(29)32-20-23-10-2-4-12-26(23)30-13-5-7-17-34(30)32/h1-19,21H,20H2/q+2/b33-32+. The van der Waals surface area contributed by atoms with Gasteiger partial charge in [0.05, 0.1) is 23.1 Å². The van der Waals surface area contributed by atoms with Crippen molar-refractivity contribution < 1.29 is 9.13 Å². The lowest BCUT2D eigenvalue weighted by Crippen LogP contribution is -2.43. The zero-order valence-electron chi connectivity index (χ0n) is 19.1. The molecule has 8 rings (SSSR count). The number of rotatable bonds is 0. The smallest absolute Gasteiger partial charge is 0.158 e. The molecule has 6 aromatic rings. The van der Waals surface area contributed by atoms with Crippen LogP contribution in [-0.4, -0.2) is 0 Å². The summed E-state index contributed by atoms with van der Waals surface area (Å²) in [6, 6.07) is 39.8. The van der Waals surface area contributed by atoms with Crippen molar-refractivity contribution in [3.8, 4) is 22.5 Å². The monoisotopic (exact) mass is 446 g/mol. The second-order valence-electron chi connectivity index (χ2n) is 9.45. The van der Waals surface area contributed by atoms with Crippen LogP contribution in [0.15, 0.2) is 122 Å². The third-order valence-corrected chi connectivity index (χ3v) is 7.59. The van der Waals surface area contributed by atoms with Gasteiger partial charge in [-0.15, -0.1) is 0 Å². The summed E-state index contributed by atoms with van der Waals surface area (Å²) >= 11 is 0. The van der Waals surface area contributed by atoms with Crippen molar-refractivity contribution in [2.45, 2.75) is 6.42 Å². The zero-order chi connectivity index (χ0) is 22.9. The Morgan fingerprint density at radius 1 is 0.486 bits per heavy atom. The number of benzene rings is 4. The molecule has 0 bridgehead atoms. The van der Waals surface area contributed by atoms with Gasteiger partial charge in [-0.25, -0.2) is 0 Å². The van der Waals surface area contributed by atoms with Gasteiger partial charge in [0, 0.05) is 24.3 Å². The molecule has 2 aliphatic rings. The molecule has 0 saturated heterocycles. The summed E-state index contributed by atoms with van der Waals surface area (Å²) < 4.78 is 4.78. The van der Waals surface area contributed by atoms with E-state index in [4.69, 9.17) is 0 Å². The van der Waals surface area contributed by atoms with E-state index in [0.29, 0.717) is 0 Å². The molecule has 0 atom stereocenters. The van der Waals surface area contributed by atoms with E-state index in [9.17, 15) is 0 Å². The number of aromatic nitrogens is 2. The van der Waals surface area contributed by atoms with Crippen LogP contribution in [0.1, 0.15) is 11.1 Å². The zero-order valence-corrected chi connectivity index (χ0v) is 19.1. The van der Waals surface area contributed by atoms with Crippen molar-refractivity contribution >= 4 is 32.9 Å². The van der Waals surface area contributed by atoms with E-state index >= 15 is 0 Å². The Bertz CT molecular complexity index is 1880. The lowest BCUT2D eigenvalue weighted by Gasteiger charge is -2.16. The van der Waals surface area contributed by atoms with Gasteiger partial charge in [-0.1, -0.05) is 54.6 Å². The van der Waals surface area contributed by atoms with E-state index in [1.165, 1.54) is 66.6 Å². The predicted octanol–water partition coefficient (Wildman–Crippen LogP) is 6.65. The van der Waals surface area contributed by atoms with Crippen LogP contribution >= 0.6 is 0 Å². The molecule has 2 nitrogen and oxygen atoms in total. The highest BCUT2D eigenvalue weighted by molar-refractivity contribution is 6.10. The highest BCUT2D eigenvalue weighted by atomic mass is 15.1. The Labute approximate surface area is 203 Å². The topological polar surface area (TPSA) is 7.76 Å². The highest BCUT2D eigenvalue weighted by Crippen LogP contribution is 2.41. The minimum atomic E-state index is 0.893. The first-order valence-corrected chi connectivity index (χ1v) is 12.2. The maximum absolute atomic E-state index is 2.40. The Hall–Kier alpha value is -4.56. The summed E-state index contributed by atoms with van der Waals surface area (Å²) in [5.41, 5.74) is 10.4. The Morgan fingerprint density at radius 2 is 1.20 bits per heavy atom. The second-order valence-corrected chi connectivity index (χ2v) is 9.45. The fourth-order valence-corrected chi connectivity index (χ4v) is 6.03. The van der Waals surface area contributed by atoms with Crippen molar-refractivity contribution in [1.82, 2.24) is 0 Å². The molecule has 4 heterocycles. The van der Waals surface area contributed by atoms with Crippen molar-refractivity contribution in [3.63, 3.8) is 0 Å². The van der Waals surface area contributed by atoms with E-state index in [1.807, 2.05) is 0 Å². The third-order valence-electron chi connectivity index (χ3n) is 7.59. The van der Waals surface area contributed by atoms with Gasteiger partial charge in [0.25, 0.3) is 11.4 Å². The quantitative estimate of drug-likeness (QED) is 0.182. The molecule has 0 spiro atoms. The number of pyridine rings is 2. The molecule has 0 amide bonds. The number of allylic oxidation sites excluding steroid dienone is 1. The summed E-state index contributed by atoms with van der Waals surface area (Å²) in [7, 11) is 0. The maximum Gasteiger partial charge on any atom is 0.287 e. The Morgan fingerprint density at radius 3 is 2.11 bits per heavy atom. The molecule has 0 aliphatic carbocycles. The Balaban J connectivity index is 1.49. The molecule has 2 heteroatoms. The molecule has 0 saturated carbocycles. The van der Waals surface area contributed by atoms with E-state index in [-0.39, 0.29) is 0 Å². The molecular weight excluding hydrogens is 424 g/mol. The van der Waals surface area contributed by atoms with Gasteiger partial charge in [-0.2, -0.15) is 9.13 Å². The minimum Gasteiger partial charge on any atom is -0.158 e. The first-order valence-electron chi connectivity index (χ1n) is 12.2. The molecule has 0 N–H and O–H groups in total. The van der Waals surface area contributed by atoms with Crippen LogP contribution in [-0.2, 0) is 6.42 Å². The molecule has 162 valence electrons. The van der Waals surface area contributed by atoms with Crippen LogP contribution in [0.4, 0.5) is 0 Å². The van der Waals surface area contributed by atoms with Gasteiger partial charge in [0.15, 0.2) is 12.4 Å². The van der Waals surface area contributed by atoms with Crippen molar-refractivity contribution in [2.75, 3.05) is 0 Å². The van der Waals surface area contributed by atoms with Crippen LogP contribution < -0.4 is 9.13 Å². The van der Waals surface area contributed by atoms with Gasteiger partial charge < -0.3 is 0 Å². The third kappa shape index (κ3) is 2.59. The van der Waals surface area contributed by atoms with E-state index in [2.05, 4.69) is 131 Å². The fraction of sp³-hybridized carbons (Fsp3) is 0.0303. The molecular formula is C33H22N2+2. The van der Waals surface area contributed by atoms with Gasteiger partial charge in [-0.05, 0) is 57.4 Å². The van der Waals surface area contributed by atoms with Crippen LogP contribution in [0, 0.1) is 0 Å². The average Bonchev–Trinajstić information content (AvgIpc) is 3.24. The first kappa shape index (κ1) is 18.8. The maximum atomic E-state index is 2.40. The van der Waals surface area contributed by atoms with Crippen molar-refractivity contribution in [2.24, 2.45) is 0 Å². The Kier molecular flexibility index (Phi) is 3.75. The first-order chi connectivity index (χ1) is 17.4. The molecule has 2 aromatic heterocycles. The van der Waals surface area contributed by atoms with E-state index in [0.717, 1.165) is 6.42 Å². The van der Waals surface area contributed by atoms with Gasteiger partial charge >= 0.3 is 0 Å². The molecule has 0 radical (unpaired) electrons. The van der Waals surface area contributed by atoms with Gasteiger partial charge in [0.2, 0.25) is 11.4 Å². The molecule has 0 fully saturated rings. The second kappa shape index (κ2) is 6.97. The average molecular weight is 447 g/mol. The van der Waals surface area contributed by atoms with Crippen molar-refractivity contribution in [1.29, 1.82) is 0 Å². The largest absolute Gasteiger partial charge is 0.287 e. The molecule has 0 unspecified atom stereocenters. The van der Waals surface area contributed by atoms with Crippen LogP contribution in [0.3, 0.4) is 0 Å². The summed E-state index contributed by atoms with van der Waals surface area (Å²) in [5, 5.41) is 5.18. The normalized spacial score (nSPS) is 15.5. The summed E-state index contributed by atoms with van der Waals surface area (Å²) in [5.74, 6) is 0. The predicted molar refractivity (Wildman–Crippen MR) is 141 cm³/mol. The summed E-state index contributed by atoms with van der Waals surface area (Å²) in [6.07, 6.45) is 5.32. The van der Waals surface area contributed by atoms with Gasteiger partial charge in [0.1, 0.15) is 0 Å². The van der Waals surface area contributed by atoms with Crippen molar-refractivity contribution in [3.05, 3.63) is 133 Å². The SMILES string of the molecule is c1ccc2c(c1)C/C(=C1/c3cc4ccc5ccccc5c4cc3-c3cccc[n+]31)[n+]1ccccc1-2. The van der Waals surface area contributed by atoms with Crippen LogP contribution in [0.2, 0.25) is 0 Å². The molecule has 4 aromatic carbocycles. The fourth-order valence-electron chi connectivity index (χ4n) is 6.03. The summed E-state index contributed by atoms with van der Waals surface area (Å²) in [6.45, 7) is 0.